The van der Waals surface area contributed by atoms with Crippen LogP contribution in [0.5, 0.6) is 0 Å². The summed E-state index contributed by atoms with van der Waals surface area (Å²) >= 11 is 3.28. The summed E-state index contributed by atoms with van der Waals surface area (Å²) in [5.74, 6) is 0. The third-order valence-electron chi connectivity index (χ3n) is 1.23. The van der Waals surface area contributed by atoms with Crippen molar-refractivity contribution in [2.24, 2.45) is 0 Å². The summed E-state index contributed by atoms with van der Waals surface area (Å²) in [5.41, 5.74) is 7.49. The number of rotatable bonds is 1. The quantitative estimate of drug-likeness (QED) is 0.696. The van der Waals surface area contributed by atoms with Gasteiger partial charge < -0.3 is 10.7 Å². The van der Waals surface area contributed by atoms with Crippen LogP contribution in [0.15, 0.2) is 10.7 Å². The zero-order valence-corrected chi connectivity index (χ0v) is 6.83. The molecule has 0 spiro atoms. The maximum Gasteiger partial charge on any atom is 0.105 e. The molecule has 1 aromatic rings. The first-order chi connectivity index (χ1) is 4.24. The smallest absolute Gasteiger partial charge is 0.105 e. The highest BCUT2D eigenvalue weighted by molar-refractivity contribution is 9.10. The van der Waals surface area contributed by atoms with E-state index in [4.69, 9.17) is 5.73 Å². The number of hydrogen-bond donors (Lipinski definition) is 2. The van der Waals surface area contributed by atoms with Gasteiger partial charge in [0.2, 0.25) is 0 Å². The lowest BCUT2D eigenvalue weighted by molar-refractivity contribution is 1.05. The highest BCUT2D eigenvalue weighted by Gasteiger charge is 1.97. The third-order valence-corrected chi connectivity index (χ3v) is 1.89. The van der Waals surface area contributed by atoms with Crippen LogP contribution < -0.4 is 5.73 Å². The fraction of sp³-hybridized carbons (Fsp3) is 0.333. The van der Waals surface area contributed by atoms with E-state index in [1.165, 1.54) is 5.69 Å². The zero-order chi connectivity index (χ0) is 6.85. The van der Waals surface area contributed by atoms with Crippen molar-refractivity contribution in [2.45, 2.75) is 13.3 Å². The molecular formula is C6H9BrN2. The molecule has 0 aliphatic heterocycles. The van der Waals surface area contributed by atoms with E-state index in [-0.39, 0.29) is 0 Å². The molecule has 0 aromatic carbocycles. The fourth-order valence-electron chi connectivity index (χ4n) is 0.691. The Morgan fingerprint density at radius 3 is 2.67 bits per heavy atom. The molecule has 3 heteroatoms. The lowest BCUT2D eigenvalue weighted by atomic mass is 10.3. The molecule has 9 heavy (non-hydrogen) atoms. The molecule has 3 N–H and O–H groups in total. The van der Waals surface area contributed by atoms with Gasteiger partial charge in [-0.1, -0.05) is 6.92 Å². The van der Waals surface area contributed by atoms with Gasteiger partial charge in [0.1, 0.15) is 4.60 Å². The summed E-state index contributed by atoms with van der Waals surface area (Å²) in [6.07, 6.45) is 0.996. The Morgan fingerprint density at radius 2 is 2.44 bits per heavy atom. The first-order valence-corrected chi connectivity index (χ1v) is 3.66. The number of hydrogen-bond acceptors (Lipinski definition) is 1. The molecule has 0 atom stereocenters. The molecule has 1 rings (SSSR count). The van der Waals surface area contributed by atoms with Crippen LogP contribution in [0, 0.1) is 0 Å². The van der Waals surface area contributed by atoms with Crippen molar-refractivity contribution in [1.29, 1.82) is 0 Å². The van der Waals surface area contributed by atoms with Gasteiger partial charge in [-0.25, -0.2) is 0 Å². The average Bonchev–Trinajstić information content (AvgIpc) is 2.13. The Kier molecular flexibility index (Phi) is 1.81. The largest absolute Gasteiger partial charge is 0.397 e. The van der Waals surface area contributed by atoms with Gasteiger partial charge in [-0.3, -0.25) is 0 Å². The number of nitrogens with two attached hydrogens (primary N) is 1. The second kappa shape index (κ2) is 2.43. The second-order valence-corrected chi connectivity index (χ2v) is 2.71. The lowest BCUT2D eigenvalue weighted by Gasteiger charge is -1.83. The van der Waals surface area contributed by atoms with Crippen LogP contribution in [0.1, 0.15) is 12.6 Å². The third kappa shape index (κ3) is 1.27. The summed E-state index contributed by atoms with van der Waals surface area (Å²) in [6, 6.07) is 1.93. The van der Waals surface area contributed by atoms with Gasteiger partial charge in [0.15, 0.2) is 0 Å². The predicted molar refractivity (Wildman–Crippen MR) is 42.3 cm³/mol. The summed E-state index contributed by atoms with van der Waals surface area (Å²) in [7, 11) is 0. The number of aryl methyl sites for hydroxylation is 1. The Balaban J connectivity index is 2.98. The molecular weight excluding hydrogens is 180 g/mol. The van der Waals surface area contributed by atoms with Gasteiger partial charge in [-0.2, -0.15) is 0 Å². The number of nitrogens with one attached hydrogen (secondary N) is 1. The molecule has 0 saturated carbocycles. The van der Waals surface area contributed by atoms with E-state index in [0.29, 0.717) is 0 Å². The summed E-state index contributed by atoms with van der Waals surface area (Å²) in [5, 5.41) is 0. The van der Waals surface area contributed by atoms with Gasteiger partial charge in [-0.15, -0.1) is 0 Å². The van der Waals surface area contributed by atoms with Crippen LogP contribution in [-0.2, 0) is 6.42 Å². The molecule has 0 amide bonds. The van der Waals surface area contributed by atoms with E-state index in [9.17, 15) is 0 Å². The van der Waals surface area contributed by atoms with Crippen LogP contribution in [0.2, 0.25) is 0 Å². The molecule has 0 aliphatic carbocycles. The number of H-pyrrole nitrogens is 1. The van der Waals surface area contributed by atoms with Crippen molar-refractivity contribution >= 4 is 21.6 Å². The molecule has 2 nitrogen and oxygen atoms in total. The highest BCUT2D eigenvalue weighted by Crippen LogP contribution is 2.18. The average molecular weight is 189 g/mol. The Bertz CT molecular complexity index is 185. The standard InChI is InChI=1S/C6H9BrN2/c1-2-4-3-5(8)6(7)9-4/h3,9H,2,8H2,1H3. The Morgan fingerprint density at radius 1 is 1.78 bits per heavy atom. The molecule has 50 valence electrons. The summed E-state index contributed by atoms with van der Waals surface area (Å²) in [6.45, 7) is 2.08. The summed E-state index contributed by atoms with van der Waals surface area (Å²) < 4.78 is 0.888. The van der Waals surface area contributed by atoms with Crippen molar-refractivity contribution in [1.82, 2.24) is 4.98 Å². The Labute approximate surface area is 62.6 Å². The number of aromatic nitrogens is 1. The minimum absolute atomic E-state index is 0.784. The van der Waals surface area contributed by atoms with Gasteiger partial charge in [-0.05, 0) is 28.4 Å². The van der Waals surface area contributed by atoms with Crippen LogP contribution in [0.4, 0.5) is 5.69 Å². The van der Waals surface area contributed by atoms with E-state index in [1.54, 1.807) is 0 Å². The first-order valence-electron chi connectivity index (χ1n) is 2.87. The number of anilines is 1. The minimum Gasteiger partial charge on any atom is -0.397 e. The van der Waals surface area contributed by atoms with Crippen LogP contribution >= 0.6 is 15.9 Å². The molecule has 1 heterocycles. The van der Waals surface area contributed by atoms with Crippen LogP contribution in [0.25, 0.3) is 0 Å². The first kappa shape index (κ1) is 6.68. The number of aromatic amines is 1. The molecule has 0 unspecified atom stereocenters. The van der Waals surface area contributed by atoms with E-state index in [1.807, 2.05) is 6.07 Å². The fourth-order valence-corrected chi connectivity index (χ4v) is 1.06. The predicted octanol–water partition coefficient (Wildman–Crippen LogP) is 1.92. The van der Waals surface area contributed by atoms with Crippen molar-refractivity contribution in [3.63, 3.8) is 0 Å². The normalized spacial score (nSPS) is 10.0. The van der Waals surface area contributed by atoms with Gasteiger partial charge in [0.25, 0.3) is 0 Å². The second-order valence-electron chi connectivity index (χ2n) is 1.92. The highest BCUT2D eigenvalue weighted by atomic mass is 79.9. The number of nitrogen functional groups attached to an aromatic ring is 1. The maximum atomic E-state index is 5.54. The van der Waals surface area contributed by atoms with Crippen molar-refractivity contribution in [2.75, 3.05) is 5.73 Å². The maximum absolute atomic E-state index is 5.54. The van der Waals surface area contributed by atoms with Crippen LogP contribution in [0.3, 0.4) is 0 Å². The number of halogens is 1. The van der Waals surface area contributed by atoms with E-state index in [2.05, 4.69) is 27.8 Å². The van der Waals surface area contributed by atoms with E-state index < -0.39 is 0 Å². The lowest BCUT2D eigenvalue weighted by Crippen LogP contribution is -1.78. The molecule has 1 aromatic heterocycles. The van der Waals surface area contributed by atoms with Crippen LogP contribution in [-0.4, -0.2) is 4.98 Å². The van der Waals surface area contributed by atoms with Gasteiger partial charge >= 0.3 is 0 Å². The molecule has 0 radical (unpaired) electrons. The summed E-state index contributed by atoms with van der Waals surface area (Å²) in [4.78, 5) is 3.09. The molecule has 0 bridgehead atoms. The molecule has 0 fully saturated rings. The molecule has 0 saturated heterocycles. The minimum atomic E-state index is 0.784. The van der Waals surface area contributed by atoms with E-state index >= 15 is 0 Å². The SMILES string of the molecule is CCc1cc(N)c(Br)[nH]1. The Hall–Kier alpha value is -0.440. The van der Waals surface area contributed by atoms with Crippen molar-refractivity contribution < 1.29 is 0 Å². The van der Waals surface area contributed by atoms with Gasteiger partial charge in [0, 0.05) is 5.69 Å². The monoisotopic (exact) mass is 188 g/mol. The zero-order valence-electron chi connectivity index (χ0n) is 5.24. The van der Waals surface area contributed by atoms with Crippen molar-refractivity contribution in [3.05, 3.63) is 16.4 Å². The van der Waals surface area contributed by atoms with Crippen molar-refractivity contribution in [3.8, 4) is 0 Å². The topological polar surface area (TPSA) is 41.8 Å². The molecule has 0 aliphatic rings. The van der Waals surface area contributed by atoms with Gasteiger partial charge in [0.05, 0.1) is 5.69 Å². The van der Waals surface area contributed by atoms with E-state index in [0.717, 1.165) is 16.7 Å².